The van der Waals surface area contributed by atoms with Crippen LogP contribution in [0.25, 0.3) is 11.3 Å². The SMILES string of the molecule is CC(C)N1CCN(C(=O)CC[C@@H](COC(=O)Nc2cc(-c3ccccc3)no2)N(C)C(=O)CCc2cccc(F)c2Cl)CC1. The summed E-state index contributed by atoms with van der Waals surface area (Å²) in [7, 11) is 1.61. The number of benzene rings is 2. The van der Waals surface area contributed by atoms with Gasteiger partial charge in [-0.25, -0.2) is 9.18 Å². The van der Waals surface area contributed by atoms with Crippen molar-refractivity contribution in [3.63, 3.8) is 0 Å². The third-order valence-electron chi connectivity index (χ3n) is 7.88. The first-order chi connectivity index (χ1) is 21.1. The third kappa shape index (κ3) is 9.03. The van der Waals surface area contributed by atoms with E-state index in [1.165, 1.54) is 11.0 Å². The maximum absolute atomic E-state index is 13.9. The highest BCUT2D eigenvalue weighted by atomic mass is 35.5. The number of likely N-dealkylation sites (N-methyl/N-ethyl adjacent to an activating group) is 1. The van der Waals surface area contributed by atoms with Crippen molar-refractivity contribution < 1.29 is 28.0 Å². The average molecular weight is 628 g/mol. The van der Waals surface area contributed by atoms with Gasteiger partial charge in [-0.2, -0.15) is 0 Å². The Morgan fingerprint density at radius 2 is 1.80 bits per heavy atom. The molecule has 1 aliphatic heterocycles. The second-order valence-corrected chi connectivity index (χ2v) is 11.5. The summed E-state index contributed by atoms with van der Waals surface area (Å²) in [6.07, 6.45) is -0.00224. The summed E-state index contributed by atoms with van der Waals surface area (Å²) in [6, 6.07) is 15.3. The molecule has 2 aromatic carbocycles. The molecular weight excluding hydrogens is 589 g/mol. The lowest BCUT2D eigenvalue weighted by atomic mass is 10.1. The Kier molecular flexibility index (Phi) is 11.7. The van der Waals surface area contributed by atoms with E-state index in [4.69, 9.17) is 20.9 Å². The highest BCUT2D eigenvalue weighted by molar-refractivity contribution is 6.31. The first kappa shape index (κ1) is 32.9. The minimum atomic E-state index is -0.783. The van der Waals surface area contributed by atoms with E-state index in [-0.39, 0.29) is 48.6 Å². The molecule has 0 bridgehead atoms. The van der Waals surface area contributed by atoms with Crippen LogP contribution in [0.3, 0.4) is 0 Å². The lowest BCUT2D eigenvalue weighted by Gasteiger charge is -2.37. The number of hydrogen-bond acceptors (Lipinski definition) is 7. The predicted molar refractivity (Wildman–Crippen MR) is 166 cm³/mol. The summed E-state index contributed by atoms with van der Waals surface area (Å²) in [4.78, 5) is 44.5. The minimum Gasteiger partial charge on any atom is -0.447 e. The Morgan fingerprint density at radius 3 is 2.50 bits per heavy atom. The van der Waals surface area contributed by atoms with Crippen molar-refractivity contribution in [2.45, 2.75) is 51.6 Å². The molecule has 0 unspecified atom stereocenters. The molecule has 3 amide bonds. The van der Waals surface area contributed by atoms with Gasteiger partial charge in [0.1, 0.15) is 18.1 Å². The van der Waals surface area contributed by atoms with Crippen LogP contribution in [0.15, 0.2) is 59.1 Å². The van der Waals surface area contributed by atoms with Crippen molar-refractivity contribution >= 4 is 35.4 Å². The van der Waals surface area contributed by atoms with Crippen LogP contribution in [0.1, 0.15) is 38.7 Å². The van der Waals surface area contributed by atoms with Gasteiger partial charge in [-0.1, -0.05) is 59.2 Å². The Balaban J connectivity index is 1.35. The topological polar surface area (TPSA) is 108 Å². The molecule has 2 heterocycles. The van der Waals surface area contributed by atoms with Gasteiger partial charge in [0.2, 0.25) is 17.7 Å². The molecular formula is C32H39ClFN5O5. The number of carbonyl (C=O) groups excluding carboxylic acids is 3. The Morgan fingerprint density at radius 1 is 1.07 bits per heavy atom. The molecule has 0 radical (unpaired) electrons. The predicted octanol–water partition coefficient (Wildman–Crippen LogP) is 5.48. The van der Waals surface area contributed by atoms with Gasteiger partial charge in [0.05, 0.1) is 11.1 Å². The molecule has 1 atom stereocenters. The standard InChI is InChI=1S/C32H39ClFN5O5/c1-22(2)38-16-18-39(19-17-38)30(41)15-13-25(37(3)29(40)14-12-24-10-7-11-26(34)31(24)33)21-43-32(42)35-28-20-27(36-44-28)23-8-5-4-6-9-23/h4-11,20,22,25H,12-19,21H2,1-3H3,(H,35,42)/t25-/m0/s1. The summed E-state index contributed by atoms with van der Waals surface area (Å²) < 4.78 is 24.6. The first-order valence-electron chi connectivity index (χ1n) is 14.8. The summed E-state index contributed by atoms with van der Waals surface area (Å²) >= 11 is 6.07. The number of ether oxygens (including phenoxy) is 1. The summed E-state index contributed by atoms with van der Waals surface area (Å²) in [5, 5.41) is 6.49. The number of rotatable bonds is 12. The summed E-state index contributed by atoms with van der Waals surface area (Å²) in [5.74, 6) is -0.694. The van der Waals surface area contributed by atoms with Gasteiger partial charge >= 0.3 is 6.09 Å². The third-order valence-corrected chi connectivity index (χ3v) is 8.30. The number of aromatic nitrogens is 1. The molecule has 44 heavy (non-hydrogen) atoms. The minimum absolute atomic E-state index is 0.00879. The largest absolute Gasteiger partial charge is 0.447 e. The molecule has 1 saturated heterocycles. The number of halogens is 2. The fourth-order valence-corrected chi connectivity index (χ4v) is 5.30. The van der Waals surface area contributed by atoms with Crippen LogP contribution < -0.4 is 5.32 Å². The zero-order valence-electron chi connectivity index (χ0n) is 25.3. The van der Waals surface area contributed by atoms with E-state index in [1.54, 1.807) is 25.2 Å². The van der Waals surface area contributed by atoms with Crippen molar-refractivity contribution in [1.82, 2.24) is 19.9 Å². The van der Waals surface area contributed by atoms with E-state index in [0.717, 1.165) is 18.7 Å². The number of nitrogens with zero attached hydrogens (tertiary/aromatic N) is 4. The summed E-state index contributed by atoms with van der Waals surface area (Å²) in [6.45, 7) is 7.03. The fourth-order valence-electron chi connectivity index (χ4n) is 5.08. The highest BCUT2D eigenvalue weighted by Gasteiger charge is 2.26. The average Bonchev–Trinajstić information content (AvgIpc) is 3.50. The number of nitrogens with one attached hydrogen (secondary N) is 1. The molecule has 1 aromatic heterocycles. The Hall–Kier alpha value is -3.96. The zero-order valence-corrected chi connectivity index (χ0v) is 26.1. The van der Waals surface area contributed by atoms with Gasteiger partial charge in [-0.05, 0) is 38.3 Å². The number of hydrogen-bond donors (Lipinski definition) is 1. The number of anilines is 1. The van der Waals surface area contributed by atoms with E-state index < -0.39 is 18.0 Å². The van der Waals surface area contributed by atoms with Crippen LogP contribution in [0.5, 0.6) is 0 Å². The van der Waals surface area contributed by atoms with Gasteiger partial charge in [-0.15, -0.1) is 0 Å². The molecule has 1 N–H and O–H groups in total. The molecule has 3 aromatic rings. The summed E-state index contributed by atoms with van der Waals surface area (Å²) in [5.41, 5.74) is 1.90. The number of amides is 3. The van der Waals surface area contributed by atoms with E-state index in [1.807, 2.05) is 35.2 Å². The Labute approximate surface area is 262 Å². The molecule has 0 aliphatic carbocycles. The van der Waals surface area contributed by atoms with Crippen molar-refractivity contribution in [2.24, 2.45) is 0 Å². The van der Waals surface area contributed by atoms with Crippen LogP contribution in [0.4, 0.5) is 15.1 Å². The molecule has 12 heteroatoms. The van der Waals surface area contributed by atoms with E-state index in [0.29, 0.717) is 36.8 Å². The molecule has 4 rings (SSSR count). The molecule has 1 fully saturated rings. The smallest absolute Gasteiger partial charge is 0.414 e. The van der Waals surface area contributed by atoms with Gasteiger partial charge in [0.25, 0.3) is 0 Å². The van der Waals surface area contributed by atoms with Crippen LogP contribution in [-0.4, -0.2) is 89.7 Å². The van der Waals surface area contributed by atoms with E-state index >= 15 is 0 Å². The van der Waals surface area contributed by atoms with Crippen LogP contribution in [-0.2, 0) is 20.7 Å². The van der Waals surface area contributed by atoms with Gasteiger partial charge < -0.3 is 19.1 Å². The van der Waals surface area contributed by atoms with Crippen molar-refractivity contribution in [2.75, 3.05) is 45.2 Å². The quantitative estimate of drug-likeness (QED) is 0.283. The van der Waals surface area contributed by atoms with Crippen LogP contribution in [0.2, 0.25) is 5.02 Å². The van der Waals surface area contributed by atoms with Gasteiger partial charge in [0.15, 0.2) is 0 Å². The zero-order chi connectivity index (χ0) is 31.6. The van der Waals surface area contributed by atoms with E-state index in [2.05, 4.69) is 29.2 Å². The normalized spacial score (nSPS) is 14.4. The lowest BCUT2D eigenvalue weighted by molar-refractivity contribution is -0.136. The van der Waals surface area contributed by atoms with Gasteiger partial charge in [-0.3, -0.25) is 19.8 Å². The van der Waals surface area contributed by atoms with Gasteiger partial charge in [0, 0.05) is 63.7 Å². The van der Waals surface area contributed by atoms with Crippen molar-refractivity contribution in [1.29, 1.82) is 0 Å². The number of carbonyl (C=O) groups is 3. The maximum atomic E-state index is 13.9. The molecule has 10 nitrogen and oxygen atoms in total. The second-order valence-electron chi connectivity index (χ2n) is 11.1. The monoisotopic (exact) mass is 627 g/mol. The highest BCUT2D eigenvalue weighted by Crippen LogP contribution is 2.23. The molecule has 0 spiro atoms. The van der Waals surface area contributed by atoms with Crippen LogP contribution in [0, 0.1) is 5.82 Å². The number of piperazine rings is 1. The number of aryl methyl sites for hydroxylation is 1. The van der Waals surface area contributed by atoms with Crippen LogP contribution >= 0.6 is 11.6 Å². The molecule has 236 valence electrons. The Bertz CT molecular complexity index is 1410. The molecule has 0 saturated carbocycles. The fraction of sp³-hybridized carbons (Fsp3) is 0.438. The lowest BCUT2D eigenvalue weighted by Crippen LogP contribution is -2.51. The van der Waals surface area contributed by atoms with Crippen molar-refractivity contribution in [3.8, 4) is 11.3 Å². The first-order valence-corrected chi connectivity index (χ1v) is 15.2. The molecule has 1 aliphatic rings. The van der Waals surface area contributed by atoms with E-state index in [9.17, 15) is 18.8 Å². The second kappa shape index (κ2) is 15.7. The maximum Gasteiger partial charge on any atom is 0.414 e. The van der Waals surface area contributed by atoms with Crippen molar-refractivity contribution in [3.05, 3.63) is 71.0 Å².